The van der Waals surface area contributed by atoms with Crippen LogP contribution in [0.15, 0.2) is 337 Å². The lowest BCUT2D eigenvalue weighted by Crippen LogP contribution is -2.01. The highest BCUT2D eigenvalue weighted by Gasteiger charge is 2.19. The van der Waals surface area contributed by atoms with Crippen LogP contribution in [-0.4, -0.2) is 63.7 Å². The van der Waals surface area contributed by atoms with Crippen LogP contribution in [0.5, 0.6) is 46.5 Å². The summed E-state index contributed by atoms with van der Waals surface area (Å²) in [7, 11) is 0. The van der Waals surface area contributed by atoms with E-state index in [4.69, 9.17) is 71.8 Å². The number of benzene rings is 8. The number of carbonyl (C=O) groups excluding carboxylic acids is 4. The van der Waals surface area contributed by atoms with Gasteiger partial charge in [-0.2, -0.15) is 0 Å². The van der Waals surface area contributed by atoms with Gasteiger partial charge in [-0.05, 0) is 115 Å². The first kappa shape index (κ1) is 81.9. The molecule has 0 spiro atoms. The van der Waals surface area contributed by atoms with E-state index in [-0.39, 0.29) is 36.0 Å². The molecule has 0 aliphatic heterocycles. The minimum atomic E-state index is -0.0452. The summed E-state index contributed by atoms with van der Waals surface area (Å²) in [5.41, 5.74) is 8.30. The van der Waals surface area contributed by atoms with Gasteiger partial charge in [-0.3, -0.25) is 19.2 Å². The van der Waals surface area contributed by atoms with Crippen molar-refractivity contribution in [3.05, 3.63) is 379 Å². The molecule has 16 aromatic rings. The van der Waals surface area contributed by atoms with Crippen molar-refractivity contribution in [2.24, 2.45) is 0 Å². The van der Waals surface area contributed by atoms with Gasteiger partial charge in [0, 0.05) is 183 Å². The normalized spacial score (nSPS) is 10.7. The summed E-state index contributed by atoms with van der Waals surface area (Å²) in [6.07, 6.45) is 9.10. The monoisotopic (exact) mass is 1740 g/mol. The van der Waals surface area contributed by atoms with Crippen LogP contribution in [0, 0.1) is 0 Å². The van der Waals surface area contributed by atoms with Gasteiger partial charge in [0.2, 0.25) is 23.5 Å². The van der Waals surface area contributed by atoms with Crippen molar-refractivity contribution < 1.29 is 56.2 Å². The summed E-state index contributed by atoms with van der Waals surface area (Å²) >= 11 is 25.2. The summed E-state index contributed by atoms with van der Waals surface area (Å²) < 4.78 is 46.0. The van der Waals surface area contributed by atoms with Gasteiger partial charge >= 0.3 is 0 Å². The third-order valence-electron chi connectivity index (χ3n) is 17.4. The molecule has 8 aromatic heterocycles. The number of rotatable bonds is 28. The van der Waals surface area contributed by atoms with E-state index in [1.54, 1.807) is 78.9 Å². The zero-order chi connectivity index (χ0) is 81.1. The van der Waals surface area contributed by atoms with E-state index in [2.05, 4.69) is 72.4 Å². The minimum Gasteiger partial charge on any atom is -0.439 e. The van der Waals surface area contributed by atoms with Crippen LogP contribution in [0.2, 0.25) is 15.1 Å². The van der Waals surface area contributed by atoms with E-state index in [1.165, 1.54) is 24.8 Å². The highest BCUT2D eigenvalue weighted by Crippen LogP contribution is 2.34. The van der Waals surface area contributed by atoms with E-state index in [0.29, 0.717) is 157 Å². The predicted octanol–water partition coefficient (Wildman–Crippen LogP) is 24.9. The highest BCUT2D eigenvalue weighted by atomic mass is 79.9. The van der Waals surface area contributed by atoms with E-state index in [0.717, 1.165) is 42.6 Å². The zero-order valence-corrected chi connectivity index (χ0v) is 67.4. The predicted molar refractivity (Wildman–Crippen MR) is 452 cm³/mol. The molecular formula is C92H67Br2Cl3N8O12. The molecule has 0 N–H and O–H groups in total. The van der Waals surface area contributed by atoms with Crippen LogP contribution in [-0.2, 0) is 25.7 Å². The lowest BCUT2D eigenvalue weighted by molar-refractivity contribution is 0.0972. The molecule has 0 saturated heterocycles. The molecule has 0 radical (unpaired) electrons. The van der Waals surface area contributed by atoms with Gasteiger partial charge < -0.3 is 37.0 Å². The lowest BCUT2D eigenvalue weighted by Gasteiger charge is -2.05. The quantitative estimate of drug-likeness (QED) is 0.0413. The second-order valence-electron chi connectivity index (χ2n) is 25.7. The topological polar surface area (TPSA) is 261 Å². The average Bonchev–Trinajstić information content (AvgIpc) is 1.72. The number of carbonyl (C=O) groups is 4. The molecule has 0 aliphatic rings. The Morgan fingerprint density at radius 3 is 0.940 bits per heavy atom. The number of aromatic nitrogens is 8. The second-order valence-corrected chi connectivity index (χ2v) is 28.7. The molecule has 0 unspecified atom stereocenters. The third-order valence-corrected chi connectivity index (χ3v) is 19.5. The molecule has 8 heterocycles. The molecular weight excluding hydrogens is 1680 g/mol. The minimum absolute atomic E-state index is 0.00893. The van der Waals surface area contributed by atoms with Gasteiger partial charge in [-0.25, -0.2) is 19.9 Å². The van der Waals surface area contributed by atoms with Gasteiger partial charge in [0.15, 0.2) is 23.1 Å². The summed E-state index contributed by atoms with van der Waals surface area (Å²) in [5.74, 6) is 7.01. The van der Waals surface area contributed by atoms with Crippen LogP contribution in [0.25, 0.3) is 45.0 Å². The zero-order valence-electron chi connectivity index (χ0n) is 62.0. The maximum absolute atomic E-state index is 12.5. The third kappa shape index (κ3) is 24.2. The van der Waals surface area contributed by atoms with Crippen LogP contribution in [0.1, 0.15) is 90.2 Å². The molecule has 582 valence electrons. The van der Waals surface area contributed by atoms with Crippen molar-refractivity contribution in [1.29, 1.82) is 0 Å². The lowest BCUT2D eigenvalue weighted by atomic mass is 10.1. The molecule has 0 amide bonds. The summed E-state index contributed by atoms with van der Waals surface area (Å²) in [6.45, 7) is 0. The standard InChI is InChI=1S/2C23H17BrN2O3.C23H16Cl2N2O3.C23H17ClN2O3/c24-20-9-5-4-8-19(20)21-14-18(29-26-21)11-12-22(27)16-10-13-23(25-15-16)28-17-6-2-1-3-7-17;24-18-9-6-16(7-10-18)21-14-20(29-26-21)11-12-22(27)17-8-13-23(25-15-17)28-19-4-2-1-3-5-19;24-16-7-9-19(20(25)12-16)21-13-18(30-27-21)8-10-22(28)15-6-11-23(26-14-15)29-17-4-2-1-3-5-17;24-20-9-5-4-8-19(20)21-14-18(29-26-21)11-12-22(27)16-10-13-23(25-15-16)28-17-6-2-1-3-7-17/h2*1-10,13-15H,11-12H2;1-7,9,11-14H,8,10H2;1-10,13-15H,11-12H2. The Bertz CT molecular complexity index is 5750. The molecule has 0 bridgehead atoms. The molecule has 117 heavy (non-hydrogen) atoms. The molecule has 16 rings (SSSR count). The second kappa shape index (κ2) is 41.3. The van der Waals surface area contributed by atoms with Crippen LogP contribution >= 0.6 is 66.7 Å². The number of Topliss-reactive ketones (excluding diaryl/α,β-unsaturated/α-hetero) is 4. The van der Waals surface area contributed by atoms with Gasteiger partial charge in [0.05, 0.1) is 10.0 Å². The fourth-order valence-corrected chi connectivity index (χ4v) is 12.8. The van der Waals surface area contributed by atoms with Crippen molar-refractivity contribution in [2.75, 3.05) is 0 Å². The van der Waals surface area contributed by atoms with E-state index >= 15 is 0 Å². The number of aryl methyl sites for hydroxylation is 4. The van der Waals surface area contributed by atoms with Gasteiger partial charge in [-0.1, -0.05) is 209 Å². The SMILES string of the molecule is O=C(CCc1cc(-c2ccc(Br)cc2)no1)c1ccc(Oc2ccccc2)nc1.O=C(CCc1cc(-c2ccc(Cl)cc2Cl)no1)c1ccc(Oc2ccccc2)nc1.O=C(CCc1cc(-c2ccccc2Br)no1)c1ccc(Oc2ccccc2)nc1.O=C(CCc1cc(-c2ccccc2Cl)no1)c1ccc(Oc2ccccc2)nc1. The van der Waals surface area contributed by atoms with Gasteiger partial charge in [-0.15, -0.1) is 0 Å². The number of halogens is 5. The van der Waals surface area contributed by atoms with Gasteiger partial charge in [0.1, 0.15) is 68.8 Å². The van der Waals surface area contributed by atoms with E-state index in [9.17, 15) is 19.2 Å². The first-order chi connectivity index (χ1) is 57.1. The first-order valence-corrected chi connectivity index (χ1v) is 39.3. The summed E-state index contributed by atoms with van der Waals surface area (Å²) in [4.78, 5) is 66.7. The summed E-state index contributed by atoms with van der Waals surface area (Å²) in [5, 5.41) is 17.9. The maximum atomic E-state index is 12.5. The Morgan fingerprint density at radius 2 is 0.607 bits per heavy atom. The van der Waals surface area contributed by atoms with Crippen molar-refractivity contribution in [1.82, 2.24) is 40.6 Å². The van der Waals surface area contributed by atoms with Crippen LogP contribution in [0.4, 0.5) is 0 Å². The largest absolute Gasteiger partial charge is 0.439 e. The molecule has 20 nitrogen and oxygen atoms in total. The van der Waals surface area contributed by atoms with Crippen molar-refractivity contribution >= 4 is 89.8 Å². The van der Waals surface area contributed by atoms with Gasteiger partial charge in [0.25, 0.3) is 0 Å². The average molecular weight is 1740 g/mol. The fourth-order valence-electron chi connectivity index (χ4n) is 11.3. The Hall–Kier alpha value is -13.1. The van der Waals surface area contributed by atoms with Crippen molar-refractivity contribution in [3.8, 4) is 91.5 Å². The van der Waals surface area contributed by atoms with Crippen molar-refractivity contribution in [2.45, 2.75) is 51.4 Å². The molecule has 0 atom stereocenters. The number of para-hydroxylation sites is 4. The number of ketones is 4. The highest BCUT2D eigenvalue weighted by molar-refractivity contribution is 9.10. The molecule has 0 aliphatic carbocycles. The number of hydrogen-bond donors (Lipinski definition) is 0. The Morgan fingerprint density at radius 1 is 0.299 bits per heavy atom. The number of ether oxygens (including phenoxy) is 4. The smallest absolute Gasteiger partial charge is 0.219 e. The maximum Gasteiger partial charge on any atom is 0.219 e. The molecule has 8 aromatic carbocycles. The molecule has 25 heteroatoms. The number of nitrogens with zero attached hydrogens (tertiary/aromatic N) is 8. The fraction of sp³-hybridized carbons (Fsp3) is 0.0870. The van der Waals surface area contributed by atoms with E-state index in [1.807, 2.05) is 206 Å². The van der Waals surface area contributed by atoms with Crippen LogP contribution in [0.3, 0.4) is 0 Å². The number of pyridine rings is 4. The Labute approximate surface area is 703 Å². The summed E-state index contributed by atoms with van der Waals surface area (Å²) in [6, 6.07) is 86.6. The number of hydrogen-bond acceptors (Lipinski definition) is 20. The Kier molecular flexibility index (Phi) is 28.9. The van der Waals surface area contributed by atoms with Crippen LogP contribution < -0.4 is 18.9 Å². The molecule has 0 saturated carbocycles. The molecule has 0 fully saturated rings. The Balaban J connectivity index is 0.000000135. The van der Waals surface area contributed by atoms with Crippen molar-refractivity contribution in [3.63, 3.8) is 0 Å². The van der Waals surface area contributed by atoms with E-state index < -0.39 is 0 Å². The first-order valence-electron chi connectivity index (χ1n) is 36.6.